The second-order valence-electron chi connectivity index (χ2n) is 3.76. The van der Waals surface area contributed by atoms with Crippen LogP contribution in [0, 0.1) is 0 Å². The maximum atomic E-state index is 11.7. The first kappa shape index (κ1) is 10.8. The normalized spacial score (nSPS) is 18.4. The van der Waals surface area contributed by atoms with Crippen molar-refractivity contribution in [2.45, 2.75) is 20.0 Å². The molecule has 0 bridgehead atoms. The van der Waals surface area contributed by atoms with Crippen LogP contribution >= 0.6 is 0 Å². The molecule has 0 amide bonds. The summed E-state index contributed by atoms with van der Waals surface area (Å²) >= 11 is 0. The first-order chi connectivity index (χ1) is 7.63. The van der Waals surface area contributed by atoms with E-state index in [9.17, 15) is 4.79 Å². The Morgan fingerprint density at radius 2 is 2.38 bits per heavy atom. The maximum absolute atomic E-state index is 11.7. The highest BCUT2D eigenvalue weighted by Crippen LogP contribution is 2.30. The number of carbonyl (C=O) groups is 1. The number of ether oxygens (including phenoxy) is 2. The second kappa shape index (κ2) is 4.04. The highest BCUT2D eigenvalue weighted by molar-refractivity contribution is 5.95. The van der Waals surface area contributed by atoms with Gasteiger partial charge < -0.3 is 14.0 Å². The summed E-state index contributed by atoms with van der Waals surface area (Å²) in [6, 6.07) is 1.89. The molecule has 0 spiro atoms. The van der Waals surface area contributed by atoms with Gasteiger partial charge in [-0.15, -0.1) is 0 Å². The molecule has 1 unspecified atom stereocenters. The van der Waals surface area contributed by atoms with Gasteiger partial charge in [0, 0.05) is 13.2 Å². The largest absolute Gasteiger partial charge is 0.484 e. The summed E-state index contributed by atoms with van der Waals surface area (Å²) < 4.78 is 12.5. The topological polar surface area (TPSA) is 40.5 Å². The van der Waals surface area contributed by atoms with Gasteiger partial charge in [-0.1, -0.05) is 0 Å². The standard InChI is InChI=1S/C12H15NO3/c1-4-15-12(14)9-7-10-11(16-8(9)2)5-6-13(10)3/h5-8H,4H2,1-3H3. The fourth-order valence-electron chi connectivity index (χ4n) is 1.75. The van der Waals surface area contributed by atoms with Gasteiger partial charge in [-0.2, -0.15) is 0 Å². The molecule has 0 radical (unpaired) electrons. The molecule has 1 aromatic rings. The summed E-state index contributed by atoms with van der Waals surface area (Å²) in [5.41, 5.74) is 1.47. The van der Waals surface area contributed by atoms with E-state index in [2.05, 4.69) is 0 Å². The van der Waals surface area contributed by atoms with E-state index < -0.39 is 0 Å². The maximum Gasteiger partial charge on any atom is 0.337 e. The minimum atomic E-state index is -0.304. The Labute approximate surface area is 94.5 Å². The predicted octanol–water partition coefficient (Wildman–Crippen LogP) is 1.75. The van der Waals surface area contributed by atoms with Crippen molar-refractivity contribution in [3.63, 3.8) is 0 Å². The molecule has 1 atom stereocenters. The van der Waals surface area contributed by atoms with Gasteiger partial charge in [0.25, 0.3) is 0 Å². The Balaban J connectivity index is 2.36. The molecule has 0 aromatic carbocycles. The fraction of sp³-hybridized carbons (Fsp3) is 0.417. The second-order valence-corrected chi connectivity index (χ2v) is 3.76. The van der Waals surface area contributed by atoms with Gasteiger partial charge in [0.15, 0.2) is 0 Å². The summed E-state index contributed by atoms with van der Waals surface area (Å²) in [7, 11) is 1.91. The van der Waals surface area contributed by atoms with Crippen LogP contribution in [-0.2, 0) is 16.6 Å². The Morgan fingerprint density at radius 1 is 1.62 bits per heavy atom. The third kappa shape index (κ3) is 1.71. The van der Waals surface area contributed by atoms with Gasteiger partial charge in [0.2, 0.25) is 0 Å². The number of fused-ring (bicyclic) bond motifs is 1. The number of rotatable bonds is 2. The van der Waals surface area contributed by atoms with Crippen molar-refractivity contribution in [3.05, 3.63) is 23.5 Å². The van der Waals surface area contributed by atoms with Crippen LogP contribution in [0.25, 0.3) is 6.08 Å². The molecule has 0 fully saturated rings. The van der Waals surface area contributed by atoms with E-state index in [1.54, 1.807) is 6.92 Å². The molecular weight excluding hydrogens is 206 g/mol. The number of aromatic nitrogens is 1. The molecule has 4 nitrogen and oxygen atoms in total. The quantitative estimate of drug-likeness (QED) is 0.714. The van der Waals surface area contributed by atoms with E-state index in [4.69, 9.17) is 9.47 Å². The number of hydrogen-bond acceptors (Lipinski definition) is 3. The number of carbonyl (C=O) groups excluding carboxylic acids is 1. The van der Waals surface area contributed by atoms with Crippen LogP contribution in [0.3, 0.4) is 0 Å². The lowest BCUT2D eigenvalue weighted by atomic mass is 10.1. The lowest BCUT2D eigenvalue weighted by molar-refractivity contribution is -0.139. The molecule has 16 heavy (non-hydrogen) atoms. The molecule has 1 aliphatic heterocycles. The van der Waals surface area contributed by atoms with Gasteiger partial charge in [-0.25, -0.2) is 4.79 Å². The molecule has 2 heterocycles. The van der Waals surface area contributed by atoms with Gasteiger partial charge in [-0.05, 0) is 26.0 Å². The highest BCUT2D eigenvalue weighted by Gasteiger charge is 2.26. The summed E-state index contributed by atoms with van der Waals surface area (Å²) in [5.74, 6) is 0.505. The summed E-state index contributed by atoms with van der Waals surface area (Å²) in [6.45, 7) is 4.02. The van der Waals surface area contributed by atoms with Crippen LogP contribution < -0.4 is 4.74 Å². The van der Waals surface area contributed by atoms with E-state index in [0.717, 1.165) is 11.4 Å². The van der Waals surface area contributed by atoms with E-state index in [1.165, 1.54) is 0 Å². The fourth-order valence-corrected chi connectivity index (χ4v) is 1.75. The third-order valence-corrected chi connectivity index (χ3v) is 2.63. The van der Waals surface area contributed by atoms with Crippen molar-refractivity contribution < 1.29 is 14.3 Å². The SMILES string of the molecule is CCOC(=O)C1=Cc2c(ccn2C)OC1C. The predicted molar refractivity (Wildman–Crippen MR) is 60.1 cm³/mol. The average Bonchev–Trinajstić information content (AvgIpc) is 2.59. The molecule has 0 saturated carbocycles. The number of esters is 1. The van der Waals surface area contributed by atoms with Crippen molar-refractivity contribution in [2.75, 3.05) is 6.61 Å². The van der Waals surface area contributed by atoms with Crippen molar-refractivity contribution in [2.24, 2.45) is 7.05 Å². The van der Waals surface area contributed by atoms with Crippen molar-refractivity contribution >= 4 is 12.0 Å². The summed E-state index contributed by atoms with van der Waals surface area (Å²) in [4.78, 5) is 11.7. The Morgan fingerprint density at radius 3 is 3.06 bits per heavy atom. The molecule has 4 heteroatoms. The molecule has 0 saturated heterocycles. The number of nitrogens with zero attached hydrogens (tertiary/aromatic N) is 1. The molecule has 0 N–H and O–H groups in total. The molecule has 1 aliphatic rings. The van der Waals surface area contributed by atoms with Gasteiger partial charge in [-0.3, -0.25) is 0 Å². The van der Waals surface area contributed by atoms with E-state index >= 15 is 0 Å². The van der Waals surface area contributed by atoms with Crippen LogP contribution in [0.4, 0.5) is 0 Å². The Kier molecular flexibility index (Phi) is 2.73. The molecular formula is C12H15NO3. The monoisotopic (exact) mass is 221 g/mol. The first-order valence-corrected chi connectivity index (χ1v) is 5.34. The van der Waals surface area contributed by atoms with Crippen molar-refractivity contribution in [3.8, 4) is 5.75 Å². The van der Waals surface area contributed by atoms with E-state index in [1.807, 2.05) is 36.9 Å². The van der Waals surface area contributed by atoms with Crippen LogP contribution in [-0.4, -0.2) is 23.2 Å². The van der Waals surface area contributed by atoms with Crippen LogP contribution in [0.2, 0.25) is 0 Å². The average molecular weight is 221 g/mol. The van der Waals surface area contributed by atoms with Gasteiger partial charge in [0.05, 0.1) is 17.9 Å². The molecule has 0 aliphatic carbocycles. The number of hydrogen-bond donors (Lipinski definition) is 0. The molecule has 1 aromatic heterocycles. The number of aryl methyl sites for hydroxylation is 1. The van der Waals surface area contributed by atoms with Crippen LogP contribution in [0.1, 0.15) is 19.5 Å². The van der Waals surface area contributed by atoms with Crippen molar-refractivity contribution in [1.82, 2.24) is 4.57 Å². The smallest absolute Gasteiger partial charge is 0.337 e. The zero-order chi connectivity index (χ0) is 11.7. The van der Waals surface area contributed by atoms with E-state index in [-0.39, 0.29) is 12.1 Å². The van der Waals surface area contributed by atoms with Crippen LogP contribution in [0.15, 0.2) is 17.8 Å². The lowest BCUT2D eigenvalue weighted by Gasteiger charge is -2.21. The van der Waals surface area contributed by atoms with Gasteiger partial charge >= 0.3 is 5.97 Å². The van der Waals surface area contributed by atoms with E-state index in [0.29, 0.717) is 12.2 Å². The highest BCUT2D eigenvalue weighted by atomic mass is 16.5. The minimum Gasteiger partial charge on any atom is -0.484 e. The summed E-state index contributed by atoms with van der Waals surface area (Å²) in [6.07, 6.45) is 3.48. The third-order valence-electron chi connectivity index (χ3n) is 2.63. The summed E-state index contributed by atoms with van der Waals surface area (Å²) in [5, 5.41) is 0. The molecule has 2 rings (SSSR count). The first-order valence-electron chi connectivity index (χ1n) is 5.34. The molecule has 86 valence electrons. The minimum absolute atomic E-state index is 0.256. The Hall–Kier alpha value is -1.71. The zero-order valence-electron chi connectivity index (χ0n) is 9.69. The Bertz CT molecular complexity index is 445. The van der Waals surface area contributed by atoms with Crippen LogP contribution in [0.5, 0.6) is 5.75 Å². The lowest BCUT2D eigenvalue weighted by Crippen LogP contribution is -2.25. The van der Waals surface area contributed by atoms with Crippen molar-refractivity contribution in [1.29, 1.82) is 0 Å². The zero-order valence-corrected chi connectivity index (χ0v) is 9.69. The van der Waals surface area contributed by atoms with Gasteiger partial charge in [0.1, 0.15) is 11.9 Å².